The molecule has 1 unspecified atom stereocenters. The SMILES string of the molecule is CCCNC(=O)N(CCN1CCOCC1)CC(=O)N1N=C(c2ccccc2F)CC1c1ccccc1OC. The van der Waals surface area contributed by atoms with Crippen LogP contribution in [0.5, 0.6) is 5.75 Å². The van der Waals surface area contributed by atoms with Crippen LogP contribution in [0, 0.1) is 5.82 Å². The van der Waals surface area contributed by atoms with Gasteiger partial charge in [-0.3, -0.25) is 9.69 Å². The van der Waals surface area contributed by atoms with Crippen molar-refractivity contribution in [2.75, 3.05) is 59.6 Å². The average Bonchev–Trinajstić information content (AvgIpc) is 3.40. The van der Waals surface area contributed by atoms with E-state index in [-0.39, 0.29) is 18.5 Å². The van der Waals surface area contributed by atoms with E-state index in [2.05, 4.69) is 15.3 Å². The molecule has 2 heterocycles. The van der Waals surface area contributed by atoms with Crippen LogP contribution >= 0.6 is 0 Å². The number of para-hydroxylation sites is 1. The lowest BCUT2D eigenvalue weighted by Crippen LogP contribution is -2.49. The second-order valence-electron chi connectivity index (χ2n) is 9.33. The first-order valence-electron chi connectivity index (χ1n) is 13.1. The van der Waals surface area contributed by atoms with E-state index in [1.165, 1.54) is 16.0 Å². The Balaban J connectivity index is 1.59. The van der Waals surface area contributed by atoms with Gasteiger partial charge in [-0.05, 0) is 18.6 Å². The molecule has 9 nitrogen and oxygen atoms in total. The van der Waals surface area contributed by atoms with Crippen molar-refractivity contribution in [1.82, 2.24) is 20.1 Å². The summed E-state index contributed by atoms with van der Waals surface area (Å²) in [5.41, 5.74) is 1.60. The molecule has 1 saturated heterocycles. The summed E-state index contributed by atoms with van der Waals surface area (Å²) in [6.07, 6.45) is 1.11. The van der Waals surface area contributed by atoms with Crippen LogP contribution in [0.25, 0.3) is 0 Å². The van der Waals surface area contributed by atoms with E-state index in [1.54, 1.807) is 25.3 Å². The monoisotopic (exact) mass is 525 g/mol. The number of hydrogen-bond acceptors (Lipinski definition) is 6. The average molecular weight is 526 g/mol. The molecule has 1 fully saturated rings. The van der Waals surface area contributed by atoms with E-state index in [1.807, 2.05) is 31.2 Å². The van der Waals surface area contributed by atoms with E-state index in [9.17, 15) is 14.0 Å². The number of rotatable bonds is 10. The first-order chi connectivity index (χ1) is 18.5. The first-order valence-corrected chi connectivity index (χ1v) is 13.1. The zero-order chi connectivity index (χ0) is 26.9. The van der Waals surface area contributed by atoms with Crippen molar-refractivity contribution < 1.29 is 23.5 Å². The Morgan fingerprint density at radius 3 is 2.63 bits per heavy atom. The van der Waals surface area contributed by atoms with Gasteiger partial charge in [0.1, 0.15) is 18.1 Å². The summed E-state index contributed by atoms with van der Waals surface area (Å²) in [7, 11) is 1.57. The highest BCUT2D eigenvalue weighted by Crippen LogP contribution is 2.37. The molecular formula is C28H36FN5O4. The van der Waals surface area contributed by atoms with Crippen LogP contribution in [0.15, 0.2) is 53.6 Å². The van der Waals surface area contributed by atoms with E-state index >= 15 is 0 Å². The lowest BCUT2D eigenvalue weighted by molar-refractivity contribution is -0.133. The number of halogens is 1. The number of methoxy groups -OCH3 is 1. The molecule has 3 amide bonds. The van der Waals surface area contributed by atoms with Gasteiger partial charge in [0.15, 0.2) is 0 Å². The summed E-state index contributed by atoms with van der Waals surface area (Å²) in [6, 6.07) is 13.1. The number of carbonyl (C=O) groups excluding carboxylic acids is 2. The second kappa shape index (κ2) is 13.3. The first kappa shape index (κ1) is 27.5. The zero-order valence-electron chi connectivity index (χ0n) is 22.1. The third-order valence-electron chi connectivity index (χ3n) is 6.78. The Bertz CT molecular complexity index is 1140. The lowest BCUT2D eigenvalue weighted by atomic mass is 9.97. The normalized spacial score (nSPS) is 17.7. The van der Waals surface area contributed by atoms with Crippen LogP contribution in [-0.4, -0.2) is 92.1 Å². The van der Waals surface area contributed by atoms with Crippen LogP contribution in [0.2, 0.25) is 0 Å². The van der Waals surface area contributed by atoms with Crippen molar-refractivity contribution in [2.45, 2.75) is 25.8 Å². The minimum Gasteiger partial charge on any atom is -0.496 e. The predicted octanol–water partition coefficient (Wildman–Crippen LogP) is 3.27. The van der Waals surface area contributed by atoms with Gasteiger partial charge in [-0.2, -0.15) is 5.10 Å². The highest BCUT2D eigenvalue weighted by Gasteiger charge is 2.36. The summed E-state index contributed by atoms with van der Waals surface area (Å²) in [5.74, 6) is -0.128. The number of hydrazone groups is 1. The number of morpholine rings is 1. The molecule has 1 atom stereocenters. The Kier molecular flexibility index (Phi) is 9.67. The van der Waals surface area contributed by atoms with Crippen LogP contribution in [0.1, 0.15) is 36.9 Å². The quantitative estimate of drug-likeness (QED) is 0.515. The number of nitrogens with one attached hydrogen (secondary N) is 1. The molecule has 2 aromatic carbocycles. The smallest absolute Gasteiger partial charge is 0.317 e. The van der Waals surface area contributed by atoms with E-state index < -0.39 is 11.9 Å². The van der Waals surface area contributed by atoms with E-state index in [0.29, 0.717) is 56.3 Å². The van der Waals surface area contributed by atoms with Gasteiger partial charge in [-0.25, -0.2) is 14.2 Å². The Morgan fingerprint density at radius 1 is 1.16 bits per heavy atom. The molecule has 204 valence electrons. The van der Waals surface area contributed by atoms with Crippen LogP contribution in [0.4, 0.5) is 9.18 Å². The van der Waals surface area contributed by atoms with Gasteiger partial charge in [0.2, 0.25) is 0 Å². The molecule has 0 spiro atoms. The fourth-order valence-electron chi connectivity index (χ4n) is 4.70. The molecule has 10 heteroatoms. The number of ether oxygens (including phenoxy) is 2. The number of benzene rings is 2. The Labute approximate surface area is 223 Å². The van der Waals surface area contributed by atoms with Crippen molar-refractivity contribution >= 4 is 17.6 Å². The predicted molar refractivity (Wildman–Crippen MR) is 143 cm³/mol. The number of urea groups is 1. The molecule has 2 aliphatic rings. The maximum Gasteiger partial charge on any atom is 0.317 e. The highest BCUT2D eigenvalue weighted by molar-refractivity contribution is 6.03. The third kappa shape index (κ3) is 6.68. The Morgan fingerprint density at radius 2 is 1.89 bits per heavy atom. The molecule has 0 saturated carbocycles. The van der Waals surface area contributed by atoms with Crippen LogP contribution in [0.3, 0.4) is 0 Å². The fraction of sp³-hybridized carbons (Fsp3) is 0.464. The summed E-state index contributed by atoms with van der Waals surface area (Å²) in [5, 5.41) is 8.87. The standard InChI is InChI=1S/C28H36FN5O4/c1-3-12-30-28(36)33(14-13-32-15-17-38-18-16-32)20-27(35)34-25(22-9-5-7-11-26(22)37-2)19-24(31-34)21-8-4-6-10-23(21)29/h4-11,25H,3,12-20H2,1-2H3,(H,30,36). The minimum absolute atomic E-state index is 0.153. The van der Waals surface area contributed by atoms with Crippen LogP contribution in [-0.2, 0) is 9.53 Å². The number of carbonyl (C=O) groups is 2. The van der Waals surface area contributed by atoms with Crippen molar-refractivity contribution in [3.8, 4) is 5.75 Å². The van der Waals surface area contributed by atoms with Crippen molar-refractivity contribution in [1.29, 1.82) is 0 Å². The third-order valence-corrected chi connectivity index (χ3v) is 6.78. The van der Waals surface area contributed by atoms with Crippen LogP contribution < -0.4 is 10.1 Å². The summed E-state index contributed by atoms with van der Waals surface area (Å²) >= 11 is 0. The molecule has 1 N–H and O–H groups in total. The maximum atomic E-state index is 14.7. The fourth-order valence-corrected chi connectivity index (χ4v) is 4.70. The van der Waals surface area contributed by atoms with Gasteiger partial charge in [-0.15, -0.1) is 0 Å². The van der Waals surface area contributed by atoms with E-state index in [0.717, 1.165) is 25.1 Å². The lowest BCUT2D eigenvalue weighted by Gasteiger charge is -2.31. The van der Waals surface area contributed by atoms with Gasteiger partial charge in [-0.1, -0.05) is 43.3 Å². The molecule has 0 aliphatic carbocycles. The zero-order valence-corrected chi connectivity index (χ0v) is 22.1. The summed E-state index contributed by atoms with van der Waals surface area (Å²) in [4.78, 5) is 30.5. The molecule has 4 rings (SSSR count). The van der Waals surface area contributed by atoms with Crippen molar-refractivity contribution in [3.05, 3.63) is 65.5 Å². The molecule has 0 radical (unpaired) electrons. The highest BCUT2D eigenvalue weighted by atomic mass is 19.1. The second-order valence-corrected chi connectivity index (χ2v) is 9.33. The Hall–Kier alpha value is -3.50. The van der Waals surface area contributed by atoms with Gasteiger partial charge in [0, 0.05) is 50.3 Å². The van der Waals surface area contributed by atoms with Crippen molar-refractivity contribution in [3.63, 3.8) is 0 Å². The van der Waals surface area contributed by atoms with Gasteiger partial charge >= 0.3 is 6.03 Å². The van der Waals surface area contributed by atoms with Gasteiger partial charge < -0.3 is 19.7 Å². The molecular weight excluding hydrogens is 489 g/mol. The largest absolute Gasteiger partial charge is 0.496 e. The van der Waals surface area contributed by atoms with Gasteiger partial charge in [0.25, 0.3) is 5.91 Å². The molecule has 38 heavy (non-hydrogen) atoms. The molecule has 0 bridgehead atoms. The maximum absolute atomic E-state index is 14.7. The molecule has 2 aliphatic heterocycles. The van der Waals surface area contributed by atoms with Crippen molar-refractivity contribution in [2.24, 2.45) is 5.10 Å². The minimum atomic E-state index is -0.493. The molecule has 0 aromatic heterocycles. The number of nitrogens with zero attached hydrogens (tertiary/aromatic N) is 4. The topological polar surface area (TPSA) is 86.7 Å². The summed E-state index contributed by atoms with van der Waals surface area (Å²) in [6.45, 7) is 6.25. The number of hydrogen-bond donors (Lipinski definition) is 1. The molecule has 2 aromatic rings. The summed E-state index contributed by atoms with van der Waals surface area (Å²) < 4.78 is 25.7. The van der Waals surface area contributed by atoms with E-state index in [4.69, 9.17) is 9.47 Å². The van der Waals surface area contributed by atoms with Gasteiger partial charge in [0.05, 0.1) is 32.1 Å². The number of amides is 3.